The molecule has 0 aliphatic carbocycles. The van der Waals surface area contributed by atoms with E-state index in [1.807, 2.05) is 0 Å². The van der Waals surface area contributed by atoms with Crippen molar-refractivity contribution in [2.24, 2.45) is 11.3 Å². The van der Waals surface area contributed by atoms with Gasteiger partial charge in [-0.1, -0.05) is 20.8 Å². The number of nitrogens with zero attached hydrogens (tertiary/aromatic N) is 1. The molecule has 3 heteroatoms. The number of methoxy groups -OCH3 is 1. The minimum Gasteiger partial charge on any atom is -0.385 e. The molecular weight excluding hydrogens is 224 g/mol. The maximum absolute atomic E-state index is 5.19. The summed E-state index contributed by atoms with van der Waals surface area (Å²) in [6, 6.07) is 1.36. The van der Waals surface area contributed by atoms with Gasteiger partial charge < -0.3 is 15.0 Å². The molecule has 1 rings (SSSR count). The summed E-state index contributed by atoms with van der Waals surface area (Å²) in [5, 5.41) is 3.79. The van der Waals surface area contributed by atoms with Crippen LogP contribution in [0.3, 0.4) is 0 Å². The van der Waals surface area contributed by atoms with Crippen molar-refractivity contribution in [1.82, 2.24) is 10.2 Å². The first-order valence-electron chi connectivity index (χ1n) is 7.28. The molecule has 1 N–H and O–H groups in total. The van der Waals surface area contributed by atoms with Crippen LogP contribution in [-0.2, 0) is 4.74 Å². The summed E-state index contributed by atoms with van der Waals surface area (Å²) < 4.78 is 5.19. The van der Waals surface area contributed by atoms with Crippen molar-refractivity contribution in [1.29, 1.82) is 0 Å². The number of hydrogen-bond donors (Lipinski definition) is 1. The minimum atomic E-state index is 0.322. The molecule has 3 atom stereocenters. The van der Waals surface area contributed by atoms with Gasteiger partial charge in [0.1, 0.15) is 0 Å². The maximum atomic E-state index is 5.19. The minimum absolute atomic E-state index is 0.322. The highest BCUT2D eigenvalue weighted by Gasteiger charge is 2.29. The predicted octanol–water partition coefficient (Wildman–Crippen LogP) is 2.37. The van der Waals surface area contributed by atoms with Gasteiger partial charge in [-0.15, -0.1) is 0 Å². The predicted molar refractivity (Wildman–Crippen MR) is 77.9 cm³/mol. The molecule has 1 fully saturated rings. The van der Waals surface area contributed by atoms with Gasteiger partial charge in [-0.3, -0.25) is 0 Å². The molecule has 0 aromatic rings. The number of hydrogen-bond acceptors (Lipinski definition) is 3. The second kappa shape index (κ2) is 6.88. The van der Waals surface area contributed by atoms with Gasteiger partial charge >= 0.3 is 0 Å². The highest BCUT2D eigenvalue weighted by Crippen LogP contribution is 2.24. The van der Waals surface area contributed by atoms with Crippen molar-refractivity contribution < 1.29 is 4.74 Å². The summed E-state index contributed by atoms with van der Waals surface area (Å²) in [5.41, 5.74) is 0.322. The van der Waals surface area contributed by atoms with Gasteiger partial charge in [-0.25, -0.2) is 0 Å². The van der Waals surface area contributed by atoms with Gasteiger partial charge in [0.2, 0.25) is 0 Å². The van der Waals surface area contributed by atoms with Crippen LogP contribution in [0.15, 0.2) is 0 Å². The van der Waals surface area contributed by atoms with Crippen molar-refractivity contribution in [3.8, 4) is 0 Å². The van der Waals surface area contributed by atoms with Gasteiger partial charge in [-0.05, 0) is 38.1 Å². The molecule has 0 spiro atoms. The monoisotopic (exact) mass is 256 g/mol. The van der Waals surface area contributed by atoms with Crippen molar-refractivity contribution in [2.45, 2.75) is 52.6 Å². The van der Waals surface area contributed by atoms with Crippen molar-refractivity contribution in [3.63, 3.8) is 0 Å². The normalized spacial score (nSPS) is 30.7. The fraction of sp³-hybridized carbons (Fsp3) is 1.00. The number of piperidine rings is 1. The third-order valence-corrected chi connectivity index (χ3v) is 4.44. The Bertz CT molecular complexity index is 243. The molecule has 1 heterocycles. The summed E-state index contributed by atoms with van der Waals surface area (Å²) in [6.45, 7) is 12.5. The lowest BCUT2D eigenvalue weighted by Gasteiger charge is -2.41. The maximum Gasteiger partial charge on any atom is 0.0467 e. The molecule has 18 heavy (non-hydrogen) atoms. The van der Waals surface area contributed by atoms with Gasteiger partial charge in [0.15, 0.2) is 0 Å². The first-order chi connectivity index (χ1) is 8.35. The van der Waals surface area contributed by atoms with Gasteiger partial charge in [0, 0.05) is 38.9 Å². The molecule has 3 unspecified atom stereocenters. The Balaban J connectivity index is 2.38. The lowest BCUT2D eigenvalue weighted by Crippen LogP contribution is -2.52. The summed E-state index contributed by atoms with van der Waals surface area (Å²) in [4.78, 5) is 2.47. The van der Waals surface area contributed by atoms with Crippen LogP contribution in [-0.4, -0.2) is 50.8 Å². The van der Waals surface area contributed by atoms with E-state index < -0.39 is 0 Å². The molecule has 0 amide bonds. The summed E-state index contributed by atoms with van der Waals surface area (Å²) >= 11 is 0. The molecule has 0 radical (unpaired) electrons. The molecule has 1 aliphatic heterocycles. The Morgan fingerprint density at radius 1 is 1.33 bits per heavy atom. The third kappa shape index (κ3) is 4.87. The second-order valence-corrected chi connectivity index (χ2v) is 6.90. The van der Waals surface area contributed by atoms with E-state index in [0.717, 1.165) is 25.5 Å². The molecular formula is C15H32N2O. The summed E-state index contributed by atoms with van der Waals surface area (Å²) in [5.74, 6) is 0.740. The molecule has 108 valence electrons. The van der Waals surface area contributed by atoms with Crippen LogP contribution >= 0.6 is 0 Å². The number of ether oxygens (including phenoxy) is 1. The Labute approximate surface area is 113 Å². The summed E-state index contributed by atoms with van der Waals surface area (Å²) in [6.07, 6.45) is 2.38. The topological polar surface area (TPSA) is 24.5 Å². The van der Waals surface area contributed by atoms with Crippen molar-refractivity contribution >= 4 is 0 Å². The molecule has 0 aromatic carbocycles. The molecule has 0 saturated carbocycles. The van der Waals surface area contributed by atoms with E-state index in [1.54, 1.807) is 7.11 Å². The number of rotatable bonds is 6. The van der Waals surface area contributed by atoms with E-state index >= 15 is 0 Å². The SMILES string of the molecule is COCCC(C)(C)CNC1CC(C)N(C)CC1C. The smallest absolute Gasteiger partial charge is 0.0467 e. The van der Waals surface area contributed by atoms with Gasteiger partial charge in [0.05, 0.1) is 0 Å². The standard InChI is InChI=1S/C15H32N2O/c1-12-10-17(5)13(2)9-14(12)16-11-15(3,4)7-8-18-6/h12-14,16H,7-11H2,1-6H3. The quantitative estimate of drug-likeness (QED) is 0.789. The lowest BCUT2D eigenvalue weighted by atomic mass is 9.86. The van der Waals surface area contributed by atoms with Gasteiger partial charge in [-0.2, -0.15) is 0 Å². The second-order valence-electron chi connectivity index (χ2n) is 6.90. The number of nitrogens with one attached hydrogen (secondary N) is 1. The van der Waals surface area contributed by atoms with Crippen LogP contribution in [0.4, 0.5) is 0 Å². The van der Waals surface area contributed by atoms with Crippen LogP contribution in [0.5, 0.6) is 0 Å². The zero-order valence-corrected chi connectivity index (χ0v) is 13.1. The fourth-order valence-corrected chi connectivity index (χ4v) is 2.70. The third-order valence-electron chi connectivity index (χ3n) is 4.44. The van der Waals surface area contributed by atoms with Crippen LogP contribution in [0.25, 0.3) is 0 Å². The molecule has 1 aliphatic rings. The molecule has 3 nitrogen and oxygen atoms in total. The van der Waals surface area contributed by atoms with E-state index in [2.05, 4.69) is 45.0 Å². The number of likely N-dealkylation sites (tertiary alicyclic amines) is 1. The average Bonchev–Trinajstić information content (AvgIpc) is 2.30. The molecule has 0 aromatic heterocycles. The Morgan fingerprint density at radius 2 is 2.00 bits per heavy atom. The Kier molecular flexibility index (Phi) is 6.09. The summed E-state index contributed by atoms with van der Waals surface area (Å²) in [7, 11) is 4.02. The van der Waals surface area contributed by atoms with Crippen molar-refractivity contribution in [3.05, 3.63) is 0 Å². The van der Waals surface area contributed by atoms with Crippen LogP contribution in [0.2, 0.25) is 0 Å². The fourth-order valence-electron chi connectivity index (χ4n) is 2.70. The zero-order valence-electron chi connectivity index (χ0n) is 13.1. The van der Waals surface area contributed by atoms with E-state index in [0.29, 0.717) is 17.5 Å². The van der Waals surface area contributed by atoms with E-state index in [-0.39, 0.29) is 0 Å². The van der Waals surface area contributed by atoms with Gasteiger partial charge in [0.25, 0.3) is 0 Å². The van der Waals surface area contributed by atoms with E-state index in [9.17, 15) is 0 Å². The largest absolute Gasteiger partial charge is 0.385 e. The lowest BCUT2D eigenvalue weighted by molar-refractivity contribution is 0.107. The Hall–Kier alpha value is -0.120. The van der Waals surface area contributed by atoms with Crippen LogP contribution in [0, 0.1) is 11.3 Å². The van der Waals surface area contributed by atoms with Crippen LogP contribution in [0.1, 0.15) is 40.5 Å². The molecule has 1 saturated heterocycles. The first-order valence-corrected chi connectivity index (χ1v) is 7.28. The molecule has 0 bridgehead atoms. The van der Waals surface area contributed by atoms with Crippen LogP contribution < -0.4 is 5.32 Å². The average molecular weight is 256 g/mol. The zero-order chi connectivity index (χ0) is 13.8. The van der Waals surface area contributed by atoms with Crippen molar-refractivity contribution in [2.75, 3.05) is 33.9 Å². The van der Waals surface area contributed by atoms with E-state index in [1.165, 1.54) is 13.0 Å². The highest BCUT2D eigenvalue weighted by atomic mass is 16.5. The Morgan fingerprint density at radius 3 is 2.61 bits per heavy atom. The highest BCUT2D eigenvalue weighted by molar-refractivity contribution is 4.87. The first kappa shape index (κ1) is 15.9. The van der Waals surface area contributed by atoms with E-state index in [4.69, 9.17) is 4.74 Å².